The maximum absolute atomic E-state index is 13.0. The normalized spacial score (nSPS) is 11.3. The number of rotatable bonds is 4. The molecule has 116 valence electrons. The van der Waals surface area contributed by atoms with E-state index in [1.807, 2.05) is 0 Å². The van der Waals surface area contributed by atoms with E-state index in [0.29, 0.717) is 5.02 Å². The minimum absolute atomic E-state index is 0.265. The van der Waals surface area contributed by atoms with Gasteiger partial charge in [0.2, 0.25) is 5.88 Å². The Balaban J connectivity index is 2.38. The molecule has 0 spiro atoms. The summed E-state index contributed by atoms with van der Waals surface area (Å²) in [6.07, 6.45) is -4.80. The predicted octanol–water partition coefficient (Wildman–Crippen LogP) is 4.97. The second kappa shape index (κ2) is 6.54. The van der Waals surface area contributed by atoms with Gasteiger partial charge in [-0.2, -0.15) is 13.2 Å². The molecular weight excluding hydrogens is 342 g/mol. The van der Waals surface area contributed by atoms with Crippen LogP contribution in [0.2, 0.25) is 5.02 Å². The zero-order valence-corrected chi connectivity index (χ0v) is 12.3. The molecule has 1 aromatic carbocycles. The number of hydrogen-bond donors (Lipinski definition) is 0. The van der Waals surface area contributed by atoms with Crippen LogP contribution in [0.15, 0.2) is 36.4 Å². The highest BCUT2D eigenvalue weighted by molar-refractivity contribution is 6.30. The Bertz CT molecular complexity index is 687. The Hall–Kier alpha value is -1.79. The van der Waals surface area contributed by atoms with Crippen LogP contribution in [0, 0.1) is 0 Å². The third-order valence-electron chi connectivity index (χ3n) is 2.60. The van der Waals surface area contributed by atoms with Crippen molar-refractivity contribution < 1.29 is 22.7 Å². The molecule has 0 bridgehead atoms. The fraction of sp³-hybridized carbons (Fsp3) is 0.143. The van der Waals surface area contributed by atoms with Crippen molar-refractivity contribution in [2.75, 3.05) is 5.88 Å². The van der Waals surface area contributed by atoms with Crippen LogP contribution in [-0.4, -0.2) is 16.6 Å². The van der Waals surface area contributed by atoms with Crippen LogP contribution in [0.5, 0.6) is 11.6 Å². The number of pyridine rings is 1. The molecule has 8 heteroatoms. The van der Waals surface area contributed by atoms with Gasteiger partial charge in [0.15, 0.2) is 11.5 Å². The zero-order valence-electron chi connectivity index (χ0n) is 10.8. The van der Waals surface area contributed by atoms with Crippen molar-refractivity contribution in [1.29, 1.82) is 0 Å². The number of alkyl halides is 4. The summed E-state index contributed by atoms with van der Waals surface area (Å²) in [5, 5.41) is 0.458. The summed E-state index contributed by atoms with van der Waals surface area (Å²) in [7, 11) is 0. The Labute approximate surface area is 133 Å². The molecule has 0 aliphatic carbocycles. The van der Waals surface area contributed by atoms with Gasteiger partial charge < -0.3 is 4.74 Å². The van der Waals surface area contributed by atoms with E-state index in [1.54, 1.807) is 0 Å². The van der Waals surface area contributed by atoms with Crippen molar-refractivity contribution >= 4 is 29.0 Å². The Kier molecular flexibility index (Phi) is 4.93. The van der Waals surface area contributed by atoms with Gasteiger partial charge >= 0.3 is 6.18 Å². The first-order valence-electron chi connectivity index (χ1n) is 5.92. The number of carbonyl (C=O) groups excluding carboxylic acids is 1. The standard InChI is InChI=1S/C14H8Cl2F3NO2/c15-7-11(21)10-5-6-12(20-13(10)14(17,18)19)22-9-3-1-8(16)2-4-9/h1-6H,7H2. The fourth-order valence-electron chi connectivity index (χ4n) is 1.63. The molecule has 0 aliphatic rings. The van der Waals surface area contributed by atoms with E-state index in [1.165, 1.54) is 30.3 Å². The number of hydrogen-bond acceptors (Lipinski definition) is 3. The molecule has 2 rings (SSSR count). The minimum atomic E-state index is -4.80. The van der Waals surface area contributed by atoms with Crippen molar-refractivity contribution in [3.8, 4) is 11.6 Å². The van der Waals surface area contributed by atoms with Gasteiger partial charge in [-0.1, -0.05) is 11.6 Å². The van der Waals surface area contributed by atoms with Crippen LogP contribution in [0.1, 0.15) is 16.1 Å². The molecule has 0 N–H and O–H groups in total. The smallest absolute Gasteiger partial charge is 0.434 e. The number of halogens is 5. The average molecular weight is 350 g/mol. The SMILES string of the molecule is O=C(CCl)c1ccc(Oc2ccc(Cl)cc2)nc1C(F)(F)F. The highest BCUT2D eigenvalue weighted by Crippen LogP contribution is 2.33. The molecule has 0 atom stereocenters. The van der Waals surface area contributed by atoms with Crippen LogP contribution < -0.4 is 4.74 Å². The van der Waals surface area contributed by atoms with Gasteiger partial charge in [0.1, 0.15) is 5.75 Å². The van der Waals surface area contributed by atoms with E-state index in [9.17, 15) is 18.0 Å². The maximum atomic E-state index is 13.0. The molecule has 0 aliphatic heterocycles. The molecule has 3 nitrogen and oxygen atoms in total. The first-order chi connectivity index (χ1) is 10.3. The monoisotopic (exact) mass is 349 g/mol. The Morgan fingerprint density at radius 1 is 1.14 bits per heavy atom. The minimum Gasteiger partial charge on any atom is -0.439 e. The number of Topliss-reactive ketones (excluding diaryl/α,β-unsaturated/α-hetero) is 1. The van der Waals surface area contributed by atoms with E-state index in [0.717, 1.165) is 6.07 Å². The summed E-state index contributed by atoms with van der Waals surface area (Å²) in [4.78, 5) is 14.8. The van der Waals surface area contributed by atoms with Gasteiger partial charge in [0.25, 0.3) is 0 Å². The first kappa shape index (κ1) is 16.6. The zero-order chi connectivity index (χ0) is 16.3. The molecule has 0 amide bonds. The number of benzene rings is 1. The summed E-state index contributed by atoms with van der Waals surface area (Å²) in [5.74, 6) is -1.45. The lowest BCUT2D eigenvalue weighted by molar-refractivity contribution is -0.141. The number of ketones is 1. The lowest BCUT2D eigenvalue weighted by atomic mass is 10.1. The van der Waals surface area contributed by atoms with E-state index in [-0.39, 0.29) is 11.6 Å². The van der Waals surface area contributed by atoms with E-state index >= 15 is 0 Å². The van der Waals surface area contributed by atoms with E-state index in [4.69, 9.17) is 27.9 Å². The van der Waals surface area contributed by atoms with Crippen molar-refractivity contribution in [3.63, 3.8) is 0 Å². The molecule has 22 heavy (non-hydrogen) atoms. The summed E-state index contributed by atoms with van der Waals surface area (Å²) >= 11 is 11.0. The summed E-state index contributed by atoms with van der Waals surface area (Å²) in [6.45, 7) is 0. The van der Waals surface area contributed by atoms with Gasteiger partial charge in [-0.15, -0.1) is 11.6 Å². The van der Waals surface area contributed by atoms with Crippen molar-refractivity contribution in [2.24, 2.45) is 0 Å². The van der Waals surface area contributed by atoms with Gasteiger partial charge in [-0.05, 0) is 30.3 Å². The Morgan fingerprint density at radius 2 is 1.77 bits per heavy atom. The number of nitrogens with zero attached hydrogens (tertiary/aromatic N) is 1. The van der Waals surface area contributed by atoms with Gasteiger partial charge in [-0.25, -0.2) is 4.98 Å². The topological polar surface area (TPSA) is 39.2 Å². The molecule has 1 heterocycles. The van der Waals surface area contributed by atoms with Crippen molar-refractivity contribution in [1.82, 2.24) is 4.98 Å². The second-order valence-electron chi connectivity index (χ2n) is 4.16. The Morgan fingerprint density at radius 3 is 2.32 bits per heavy atom. The molecule has 0 saturated heterocycles. The molecule has 0 radical (unpaired) electrons. The van der Waals surface area contributed by atoms with Crippen LogP contribution >= 0.6 is 23.2 Å². The molecule has 0 fully saturated rings. The van der Waals surface area contributed by atoms with Crippen molar-refractivity contribution in [2.45, 2.75) is 6.18 Å². The maximum Gasteiger partial charge on any atom is 0.434 e. The highest BCUT2D eigenvalue weighted by Gasteiger charge is 2.37. The van der Waals surface area contributed by atoms with E-state index < -0.39 is 29.1 Å². The number of aromatic nitrogens is 1. The summed E-state index contributed by atoms with van der Waals surface area (Å²) in [6, 6.07) is 8.17. The predicted molar refractivity (Wildman–Crippen MR) is 75.8 cm³/mol. The van der Waals surface area contributed by atoms with E-state index in [2.05, 4.69) is 4.98 Å². The van der Waals surface area contributed by atoms with Crippen LogP contribution in [0.25, 0.3) is 0 Å². The highest BCUT2D eigenvalue weighted by atomic mass is 35.5. The molecule has 2 aromatic rings. The van der Waals surface area contributed by atoms with Gasteiger partial charge in [-0.3, -0.25) is 4.79 Å². The van der Waals surface area contributed by atoms with Gasteiger partial charge in [0.05, 0.1) is 5.88 Å². The first-order valence-corrected chi connectivity index (χ1v) is 6.83. The van der Waals surface area contributed by atoms with Gasteiger partial charge in [0, 0.05) is 16.7 Å². The molecule has 1 aromatic heterocycles. The van der Waals surface area contributed by atoms with Crippen LogP contribution in [-0.2, 0) is 6.18 Å². The van der Waals surface area contributed by atoms with Crippen molar-refractivity contribution in [3.05, 3.63) is 52.7 Å². The summed E-state index contributed by atoms with van der Waals surface area (Å²) < 4.78 is 44.2. The quantitative estimate of drug-likeness (QED) is 0.577. The third kappa shape index (κ3) is 3.90. The lowest BCUT2D eigenvalue weighted by Gasteiger charge is -2.12. The number of ether oxygens (including phenoxy) is 1. The molecule has 0 unspecified atom stereocenters. The average Bonchev–Trinajstić information content (AvgIpc) is 2.48. The number of carbonyl (C=O) groups is 1. The third-order valence-corrected chi connectivity index (χ3v) is 3.09. The van der Waals surface area contributed by atoms with Crippen LogP contribution in [0.3, 0.4) is 0 Å². The molecular formula is C14H8Cl2F3NO2. The lowest BCUT2D eigenvalue weighted by Crippen LogP contribution is -2.16. The second-order valence-corrected chi connectivity index (χ2v) is 4.86. The molecule has 0 saturated carbocycles. The fourth-order valence-corrected chi connectivity index (χ4v) is 1.90. The largest absolute Gasteiger partial charge is 0.439 e. The summed E-state index contributed by atoms with van der Waals surface area (Å²) in [5.41, 5.74) is -1.92. The van der Waals surface area contributed by atoms with Crippen LogP contribution in [0.4, 0.5) is 13.2 Å².